The summed E-state index contributed by atoms with van der Waals surface area (Å²) in [4.78, 5) is 12.5. The third-order valence-electron chi connectivity index (χ3n) is 3.27. The summed E-state index contributed by atoms with van der Waals surface area (Å²) in [6.45, 7) is 3.54. The van der Waals surface area contributed by atoms with Crippen molar-refractivity contribution in [3.05, 3.63) is 58.7 Å². The number of hydrogen-bond donors (Lipinski definition) is 1. The van der Waals surface area contributed by atoms with Crippen molar-refractivity contribution < 1.29 is 9.90 Å². The zero-order valence-corrected chi connectivity index (χ0v) is 11.0. The molecule has 0 spiro atoms. The van der Waals surface area contributed by atoms with Crippen molar-refractivity contribution in [3.8, 4) is 6.07 Å². The summed E-state index contributed by atoms with van der Waals surface area (Å²) in [6.07, 6.45) is 1.64. The van der Waals surface area contributed by atoms with Gasteiger partial charge in [0.2, 0.25) is 0 Å². The minimum atomic E-state index is -1.49. The first-order chi connectivity index (χ1) is 8.97. The van der Waals surface area contributed by atoms with Gasteiger partial charge in [-0.3, -0.25) is 4.79 Å². The van der Waals surface area contributed by atoms with Gasteiger partial charge < -0.3 is 5.11 Å². The molecule has 2 rings (SSSR count). The molecule has 0 amide bonds. The van der Waals surface area contributed by atoms with E-state index in [1.165, 1.54) is 6.08 Å². The minimum absolute atomic E-state index is 0.0631. The first-order valence-electron chi connectivity index (χ1n) is 6.10. The fourth-order valence-electron chi connectivity index (χ4n) is 2.49. The second-order valence-electron chi connectivity index (χ2n) is 4.89. The lowest BCUT2D eigenvalue weighted by molar-refractivity contribution is 0.103. The molecule has 1 aromatic rings. The average Bonchev–Trinajstić information content (AvgIpc) is 2.38. The molecule has 0 aromatic heterocycles. The number of rotatable bonds is 2. The number of allylic oxidation sites excluding steroid dienone is 2. The number of nitriles is 1. The smallest absolute Gasteiger partial charge is 0.193 e. The second kappa shape index (κ2) is 4.83. The third-order valence-corrected chi connectivity index (χ3v) is 3.27. The van der Waals surface area contributed by atoms with E-state index >= 15 is 0 Å². The van der Waals surface area contributed by atoms with E-state index in [-0.39, 0.29) is 12.2 Å². The summed E-state index contributed by atoms with van der Waals surface area (Å²) in [5.74, 6) is -0.0631. The van der Waals surface area contributed by atoms with Crippen LogP contribution in [0, 0.1) is 11.3 Å². The Balaban J connectivity index is 2.43. The third kappa shape index (κ3) is 2.49. The van der Waals surface area contributed by atoms with Crippen LogP contribution in [0.1, 0.15) is 30.6 Å². The standard InChI is InChI=1S/C16H15NO2/c1-11-8-16(19,10-17)9-12(2)14(11)15(18)13-6-4-3-5-7-13/h3-8,19H,9H2,1-2H3. The van der Waals surface area contributed by atoms with Gasteiger partial charge in [-0.1, -0.05) is 35.9 Å². The lowest BCUT2D eigenvalue weighted by atomic mass is 9.81. The van der Waals surface area contributed by atoms with E-state index in [2.05, 4.69) is 0 Å². The monoisotopic (exact) mass is 253 g/mol. The molecule has 0 saturated carbocycles. The van der Waals surface area contributed by atoms with Gasteiger partial charge >= 0.3 is 0 Å². The van der Waals surface area contributed by atoms with Crippen LogP contribution in [0.4, 0.5) is 0 Å². The van der Waals surface area contributed by atoms with Crippen molar-refractivity contribution in [3.63, 3.8) is 0 Å². The largest absolute Gasteiger partial charge is 0.372 e. The number of aliphatic hydroxyl groups is 1. The van der Waals surface area contributed by atoms with Gasteiger partial charge in [0, 0.05) is 17.6 Å². The van der Waals surface area contributed by atoms with Crippen LogP contribution in [0.5, 0.6) is 0 Å². The molecule has 0 heterocycles. The van der Waals surface area contributed by atoms with E-state index in [1.807, 2.05) is 24.3 Å². The van der Waals surface area contributed by atoms with Crippen molar-refractivity contribution in [2.45, 2.75) is 25.9 Å². The summed E-state index contributed by atoms with van der Waals surface area (Å²) in [6, 6.07) is 10.9. The average molecular weight is 253 g/mol. The van der Waals surface area contributed by atoms with Crippen LogP contribution in [-0.2, 0) is 0 Å². The SMILES string of the molecule is CC1=CC(O)(C#N)CC(C)=C1C(=O)c1ccccc1. The van der Waals surface area contributed by atoms with E-state index in [1.54, 1.807) is 26.0 Å². The number of ketones is 1. The number of carbonyl (C=O) groups is 1. The Kier molecular flexibility index (Phi) is 3.37. The molecule has 1 aromatic carbocycles. The summed E-state index contributed by atoms with van der Waals surface area (Å²) in [5.41, 5.74) is 1.13. The molecule has 1 aliphatic rings. The number of Topliss-reactive ketones (excluding diaryl/α,β-unsaturated/α-hetero) is 1. The van der Waals surface area contributed by atoms with E-state index in [0.717, 1.165) is 5.57 Å². The van der Waals surface area contributed by atoms with Gasteiger partial charge in [0.15, 0.2) is 11.4 Å². The van der Waals surface area contributed by atoms with Crippen LogP contribution in [0.15, 0.2) is 53.1 Å². The summed E-state index contributed by atoms with van der Waals surface area (Å²) >= 11 is 0. The molecule has 3 heteroatoms. The molecule has 3 nitrogen and oxygen atoms in total. The Morgan fingerprint density at radius 3 is 2.47 bits per heavy atom. The van der Waals surface area contributed by atoms with Crippen molar-refractivity contribution in [2.75, 3.05) is 0 Å². The molecule has 0 bridgehead atoms. The fraction of sp³-hybridized carbons (Fsp3) is 0.250. The van der Waals surface area contributed by atoms with E-state index in [4.69, 9.17) is 5.26 Å². The molecule has 0 saturated heterocycles. The van der Waals surface area contributed by atoms with E-state index in [0.29, 0.717) is 16.7 Å². The molecule has 1 unspecified atom stereocenters. The van der Waals surface area contributed by atoms with Crippen LogP contribution >= 0.6 is 0 Å². The Bertz CT molecular complexity index is 620. The van der Waals surface area contributed by atoms with Crippen LogP contribution in [0.25, 0.3) is 0 Å². The Morgan fingerprint density at radius 1 is 1.32 bits per heavy atom. The highest BCUT2D eigenvalue weighted by Gasteiger charge is 2.32. The number of carbonyl (C=O) groups excluding carboxylic acids is 1. The van der Waals surface area contributed by atoms with Gasteiger partial charge in [0.1, 0.15) is 6.07 Å². The predicted molar refractivity (Wildman–Crippen MR) is 72.4 cm³/mol. The van der Waals surface area contributed by atoms with E-state index in [9.17, 15) is 9.90 Å². The lowest BCUT2D eigenvalue weighted by Gasteiger charge is -2.25. The maximum absolute atomic E-state index is 12.5. The molecule has 1 atom stereocenters. The quantitative estimate of drug-likeness (QED) is 0.651. The van der Waals surface area contributed by atoms with Gasteiger partial charge in [-0.05, 0) is 25.5 Å². The first-order valence-corrected chi connectivity index (χ1v) is 6.10. The number of hydrogen-bond acceptors (Lipinski definition) is 3. The van der Waals surface area contributed by atoms with Gasteiger partial charge in [-0.2, -0.15) is 5.26 Å². The summed E-state index contributed by atoms with van der Waals surface area (Å²) in [5, 5.41) is 19.0. The van der Waals surface area contributed by atoms with Crippen LogP contribution in [0.3, 0.4) is 0 Å². The van der Waals surface area contributed by atoms with Gasteiger partial charge in [0.25, 0.3) is 0 Å². The fourth-order valence-corrected chi connectivity index (χ4v) is 2.49. The van der Waals surface area contributed by atoms with Crippen LogP contribution < -0.4 is 0 Å². The molecule has 19 heavy (non-hydrogen) atoms. The Labute approximate surface area is 112 Å². The first kappa shape index (κ1) is 13.3. The van der Waals surface area contributed by atoms with Crippen molar-refractivity contribution in [1.29, 1.82) is 5.26 Å². The molecule has 0 aliphatic heterocycles. The van der Waals surface area contributed by atoms with E-state index < -0.39 is 5.60 Å². The lowest BCUT2D eigenvalue weighted by Crippen LogP contribution is -2.29. The predicted octanol–water partition coefficient (Wildman–Crippen LogP) is 2.79. The molecule has 0 fully saturated rings. The topological polar surface area (TPSA) is 61.1 Å². The number of benzene rings is 1. The van der Waals surface area contributed by atoms with Gasteiger partial charge in [-0.25, -0.2) is 0 Å². The second-order valence-corrected chi connectivity index (χ2v) is 4.89. The molecular weight excluding hydrogens is 238 g/mol. The highest BCUT2D eigenvalue weighted by molar-refractivity contribution is 6.12. The minimum Gasteiger partial charge on any atom is -0.372 e. The Morgan fingerprint density at radius 2 is 1.95 bits per heavy atom. The van der Waals surface area contributed by atoms with Crippen molar-refractivity contribution in [1.82, 2.24) is 0 Å². The Hall–Kier alpha value is -2.18. The zero-order valence-electron chi connectivity index (χ0n) is 11.0. The molecule has 1 N–H and O–H groups in total. The molecular formula is C16H15NO2. The van der Waals surface area contributed by atoms with Crippen LogP contribution in [0.2, 0.25) is 0 Å². The molecule has 1 aliphatic carbocycles. The van der Waals surface area contributed by atoms with Crippen molar-refractivity contribution >= 4 is 5.78 Å². The highest BCUT2D eigenvalue weighted by Crippen LogP contribution is 2.32. The normalized spacial score (nSPS) is 22.7. The summed E-state index contributed by atoms with van der Waals surface area (Å²) in [7, 11) is 0. The molecule has 0 radical (unpaired) electrons. The highest BCUT2D eigenvalue weighted by atomic mass is 16.3. The summed E-state index contributed by atoms with van der Waals surface area (Å²) < 4.78 is 0. The zero-order chi connectivity index (χ0) is 14.0. The van der Waals surface area contributed by atoms with Crippen LogP contribution in [-0.4, -0.2) is 16.5 Å². The molecule has 96 valence electrons. The maximum atomic E-state index is 12.5. The van der Waals surface area contributed by atoms with Gasteiger partial charge in [0.05, 0.1) is 0 Å². The maximum Gasteiger partial charge on any atom is 0.193 e. The van der Waals surface area contributed by atoms with Crippen molar-refractivity contribution in [2.24, 2.45) is 0 Å². The van der Waals surface area contributed by atoms with Gasteiger partial charge in [-0.15, -0.1) is 0 Å². The number of nitrogens with zero attached hydrogens (tertiary/aromatic N) is 1.